The normalized spacial score (nSPS) is 16.8. The maximum absolute atomic E-state index is 12.2. The van der Waals surface area contributed by atoms with E-state index in [9.17, 15) is 13.2 Å². The van der Waals surface area contributed by atoms with Gasteiger partial charge >= 0.3 is 6.18 Å². The zero-order valence-corrected chi connectivity index (χ0v) is 17.3. The van der Waals surface area contributed by atoms with E-state index in [0.717, 1.165) is 52.1 Å². The Morgan fingerprint density at radius 3 is 2.34 bits per heavy atom. The van der Waals surface area contributed by atoms with Crippen LogP contribution < -0.4 is 10.6 Å². The van der Waals surface area contributed by atoms with Crippen LogP contribution in [0.15, 0.2) is 35.3 Å². The lowest BCUT2D eigenvalue weighted by Crippen LogP contribution is -2.46. The molecule has 1 saturated heterocycles. The minimum atomic E-state index is -4.14. The van der Waals surface area contributed by atoms with Crippen molar-refractivity contribution in [2.75, 3.05) is 52.4 Å². The Balaban J connectivity index is 1.57. The summed E-state index contributed by atoms with van der Waals surface area (Å²) in [6, 6.07) is 10.6. The fourth-order valence-electron chi connectivity index (χ4n) is 3.32. The van der Waals surface area contributed by atoms with Crippen molar-refractivity contribution in [1.29, 1.82) is 0 Å². The summed E-state index contributed by atoms with van der Waals surface area (Å²) in [7, 11) is 0. The predicted molar refractivity (Wildman–Crippen MR) is 112 cm³/mol. The van der Waals surface area contributed by atoms with Gasteiger partial charge in [-0.1, -0.05) is 30.3 Å². The molecule has 1 fully saturated rings. The highest BCUT2D eigenvalue weighted by Gasteiger charge is 2.26. The van der Waals surface area contributed by atoms with Crippen molar-refractivity contribution in [2.24, 2.45) is 4.99 Å². The summed E-state index contributed by atoms with van der Waals surface area (Å²) in [5.74, 6) is 0.464. The summed E-state index contributed by atoms with van der Waals surface area (Å²) in [4.78, 5) is 9.35. The van der Waals surface area contributed by atoms with E-state index in [1.54, 1.807) is 0 Å². The van der Waals surface area contributed by atoms with Crippen LogP contribution in [0.5, 0.6) is 0 Å². The molecule has 0 bridgehead atoms. The minimum Gasteiger partial charge on any atom is -0.357 e. The fraction of sp³-hybridized carbons (Fsp3) is 0.667. The van der Waals surface area contributed by atoms with E-state index in [2.05, 4.69) is 49.7 Å². The molecule has 1 aliphatic heterocycles. The van der Waals surface area contributed by atoms with Crippen molar-refractivity contribution >= 4 is 5.96 Å². The molecule has 0 saturated carbocycles. The molecule has 0 atom stereocenters. The number of unbranched alkanes of at least 4 members (excludes halogenated alkanes) is 1. The molecular formula is C21H34F3N5. The van der Waals surface area contributed by atoms with E-state index in [4.69, 9.17) is 0 Å². The maximum Gasteiger partial charge on any atom is 0.390 e. The van der Waals surface area contributed by atoms with Gasteiger partial charge in [0.15, 0.2) is 5.96 Å². The molecule has 0 amide bonds. The van der Waals surface area contributed by atoms with E-state index in [-0.39, 0.29) is 6.54 Å². The molecule has 0 aromatic heterocycles. The zero-order valence-electron chi connectivity index (χ0n) is 17.3. The second-order valence-electron chi connectivity index (χ2n) is 7.36. The number of hydrogen-bond donors (Lipinski definition) is 2. The Morgan fingerprint density at radius 2 is 1.69 bits per heavy atom. The number of nitrogens with one attached hydrogen (secondary N) is 2. The lowest BCUT2D eigenvalue weighted by molar-refractivity contribution is -0.132. The molecule has 164 valence electrons. The largest absolute Gasteiger partial charge is 0.390 e. The van der Waals surface area contributed by atoms with Gasteiger partial charge in [0.25, 0.3) is 0 Å². The van der Waals surface area contributed by atoms with Crippen LogP contribution in [0.4, 0.5) is 13.2 Å². The van der Waals surface area contributed by atoms with Gasteiger partial charge in [0.2, 0.25) is 0 Å². The lowest BCUT2D eigenvalue weighted by Gasteiger charge is -2.34. The van der Waals surface area contributed by atoms with Gasteiger partial charge in [-0.25, -0.2) is 0 Å². The molecular weight excluding hydrogens is 379 g/mol. The van der Waals surface area contributed by atoms with Crippen LogP contribution in [0.25, 0.3) is 0 Å². The van der Waals surface area contributed by atoms with E-state index >= 15 is 0 Å². The Labute approximate surface area is 172 Å². The monoisotopic (exact) mass is 413 g/mol. The third kappa shape index (κ3) is 10.5. The number of guanidine groups is 1. The SMILES string of the molecule is CCNC(=NCCCCN1CCN(Cc2ccccc2)CC1)NCCC(F)(F)F. The van der Waals surface area contributed by atoms with Gasteiger partial charge in [0.1, 0.15) is 0 Å². The van der Waals surface area contributed by atoms with Crippen molar-refractivity contribution in [3.63, 3.8) is 0 Å². The van der Waals surface area contributed by atoms with Crippen molar-refractivity contribution in [1.82, 2.24) is 20.4 Å². The van der Waals surface area contributed by atoms with Gasteiger partial charge in [-0.15, -0.1) is 0 Å². The number of hydrogen-bond acceptors (Lipinski definition) is 3. The summed E-state index contributed by atoms with van der Waals surface area (Å²) in [6.07, 6.45) is -3.02. The van der Waals surface area contributed by atoms with Gasteiger partial charge in [-0.3, -0.25) is 9.89 Å². The zero-order chi connectivity index (χ0) is 21.0. The van der Waals surface area contributed by atoms with Crippen molar-refractivity contribution in [3.05, 3.63) is 35.9 Å². The Hall–Kier alpha value is -1.80. The average molecular weight is 414 g/mol. The van der Waals surface area contributed by atoms with Crippen molar-refractivity contribution in [3.8, 4) is 0 Å². The van der Waals surface area contributed by atoms with Gasteiger partial charge in [0, 0.05) is 52.4 Å². The predicted octanol–water partition coefficient (Wildman–Crippen LogP) is 3.09. The minimum absolute atomic E-state index is 0.150. The topological polar surface area (TPSA) is 42.9 Å². The standard InChI is InChI=1S/C21H34F3N5/c1-2-25-20(27-12-10-21(22,23)24)26-11-6-7-13-28-14-16-29(17-15-28)18-19-8-4-3-5-9-19/h3-5,8-9H,2,6-7,10-18H2,1H3,(H2,25,26,27). The van der Waals surface area contributed by atoms with E-state index in [1.165, 1.54) is 5.56 Å². The molecule has 0 unspecified atom stereocenters. The second-order valence-corrected chi connectivity index (χ2v) is 7.36. The van der Waals surface area contributed by atoms with Gasteiger partial charge in [-0.2, -0.15) is 13.2 Å². The first-order valence-electron chi connectivity index (χ1n) is 10.5. The van der Waals surface area contributed by atoms with Crippen molar-refractivity contribution < 1.29 is 13.2 Å². The summed E-state index contributed by atoms with van der Waals surface area (Å²) in [5, 5.41) is 5.73. The molecule has 2 N–H and O–H groups in total. The number of rotatable bonds is 10. The number of aliphatic imine (C=N–C) groups is 1. The highest BCUT2D eigenvalue weighted by Crippen LogP contribution is 2.18. The number of alkyl halides is 3. The second kappa shape index (κ2) is 12.7. The van der Waals surface area contributed by atoms with Gasteiger partial charge in [-0.05, 0) is 31.9 Å². The van der Waals surface area contributed by atoms with E-state index in [1.807, 2.05) is 13.0 Å². The molecule has 1 heterocycles. The molecule has 0 spiro atoms. The molecule has 1 aromatic carbocycles. The quantitative estimate of drug-likeness (QED) is 0.352. The number of nitrogens with zero attached hydrogens (tertiary/aromatic N) is 3. The Bertz CT molecular complexity index is 584. The molecule has 0 aliphatic carbocycles. The highest BCUT2D eigenvalue weighted by atomic mass is 19.4. The maximum atomic E-state index is 12.2. The Morgan fingerprint density at radius 1 is 1.00 bits per heavy atom. The molecule has 8 heteroatoms. The first-order valence-corrected chi connectivity index (χ1v) is 10.5. The van der Waals surface area contributed by atoms with E-state index in [0.29, 0.717) is 19.0 Å². The van der Waals surface area contributed by atoms with Crippen LogP contribution in [0.1, 0.15) is 31.7 Å². The number of piperazine rings is 1. The van der Waals surface area contributed by atoms with Crippen LogP contribution in [0.3, 0.4) is 0 Å². The smallest absolute Gasteiger partial charge is 0.357 e. The fourth-order valence-corrected chi connectivity index (χ4v) is 3.32. The molecule has 2 rings (SSSR count). The first kappa shape index (κ1) is 23.5. The Kier molecular flexibility index (Phi) is 10.3. The summed E-state index contributed by atoms with van der Waals surface area (Å²) in [5.41, 5.74) is 1.36. The molecule has 0 radical (unpaired) electrons. The van der Waals surface area contributed by atoms with Crippen LogP contribution in [-0.2, 0) is 6.54 Å². The third-order valence-electron chi connectivity index (χ3n) is 4.91. The highest BCUT2D eigenvalue weighted by molar-refractivity contribution is 5.79. The third-order valence-corrected chi connectivity index (χ3v) is 4.91. The summed E-state index contributed by atoms with van der Waals surface area (Å²) < 4.78 is 36.7. The van der Waals surface area contributed by atoms with Crippen LogP contribution in [0, 0.1) is 0 Å². The summed E-state index contributed by atoms with van der Waals surface area (Å²) >= 11 is 0. The lowest BCUT2D eigenvalue weighted by atomic mass is 10.2. The van der Waals surface area contributed by atoms with Crippen LogP contribution in [-0.4, -0.2) is 74.3 Å². The first-order chi connectivity index (χ1) is 14.0. The van der Waals surface area contributed by atoms with Crippen molar-refractivity contribution in [2.45, 2.75) is 38.9 Å². The molecule has 1 aromatic rings. The van der Waals surface area contributed by atoms with Gasteiger partial charge in [0.05, 0.1) is 6.42 Å². The molecule has 29 heavy (non-hydrogen) atoms. The molecule has 1 aliphatic rings. The van der Waals surface area contributed by atoms with Crippen LogP contribution >= 0.6 is 0 Å². The number of halogens is 3. The van der Waals surface area contributed by atoms with Gasteiger partial charge < -0.3 is 15.5 Å². The molecule has 5 nitrogen and oxygen atoms in total. The number of benzene rings is 1. The summed E-state index contributed by atoms with van der Waals surface area (Å²) in [6.45, 7) is 9.39. The average Bonchev–Trinajstić information content (AvgIpc) is 2.69. The van der Waals surface area contributed by atoms with E-state index < -0.39 is 12.6 Å². The van der Waals surface area contributed by atoms with Crippen LogP contribution in [0.2, 0.25) is 0 Å².